The Balaban J connectivity index is 0. The Bertz CT molecular complexity index is 814. The van der Waals surface area contributed by atoms with Crippen LogP contribution in [0, 0.1) is 0 Å². The molecule has 0 aromatic carbocycles. The van der Waals surface area contributed by atoms with Crippen molar-refractivity contribution in [1.82, 2.24) is 0 Å². The molecule has 0 bridgehead atoms. The number of halogens is 8. The summed E-state index contributed by atoms with van der Waals surface area (Å²) in [5.74, 6) is -12.0. The lowest BCUT2D eigenvalue weighted by Crippen LogP contribution is -3.00. The molecule has 0 aromatic rings. The second-order valence-electron chi connectivity index (χ2n) is 12.8. The van der Waals surface area contributed by atoms with Gasteiger partial charge in [0.05, 0.1) is 54.2 Å². The van der Waals surface area contributed by atoms with E-state index in [-0.39, 0.29) is 37.5 Å². The Morgan fingerprint density at radius 1 is 0.638 bits per heavy atom. The highest BCUT2D eigenvalue weighted by Crippen LogP contribution is 2.48. The molecular formula is C32H57ClF7NO6. The van der Waals surface area contributed by atoms with Crippen LogP contribution in [0.5, 0.6) is 0 Å². The number of rotatable bonds is 30. The minimum Gasteiger partial charge on any atom is -1.00 e. The van der Waals surface area contributed by atoms with E-state index >= 15 is 0 Å². The molecule has 0 spiro atoms. The van der Waals surface area contributed by atoms with Gasteiger partial charge < -0.3 is 35.8 Å². The monoisotopic (exact) mass is 719 g/mol. The number of hydrogen-bond donors (Lipinski definition) is 0. The van der Waals surface area contributed by atoms with Crippen LogP contribution in [-0.4, -0.2) is 101 Å². The van der Waals surface area contributed by atoms with Crippen LogP contribution < -0.4 is 12.4 Å². The summed E-state index contributed by atoms with van der Waals surface area (Å²) in [4.78, 5) is 23.2. The number of carbonyl (C=O) groups excluding carboxylic acids is 2. The SMILES string of the molecule is CC(=O)CC(=O)OC(CCOCCOCC[N+](C)(C)C)OCCCCCCCCCCCCCCCC(F)(F)C(F)(F)C(F)(F)F.[Cl-]. The first-order valence-electron chi connectivity index (χ1n) is 16.5. The van der Waals surface area contributed by atoms with Gasteiger partial charge >= 0.3 is 24.0 Å². The van der Waals surface area contributed by atoms with Crippen molar-refractivity contribution in [3.05, 3.63) is 0 Å². The molecule has 47 heavy (non-hydrogen) atoms. The summed E-state index contributed by atoms with van der Waals surface area (Å²) in [6, 6.07) is 0. The van der Waals surface area contributed by atoms with Crippen molar-refractivity contribution >= 4 is 11.8 Å². The van der Waals surface area contributed by atoms with Gasteiger partial charge in [0, 0.05) is 12.8 Å². The summed E-state index contributed by atoms with van der Waals surface area (Å²) in [5.41, 5.74) is 0. The maximum absolute atomic E-state index is 13.3. The number of unbranched alkanes of at least 4 members (excludes halogenated alkanes) is 12. The Morgan fingerprint density at radius 2 is 1.09 bits per heavy atom. The van der Waals surface area contributed by atoms with E-state index in [2.05, 4.69) is 21.1 Å². The zero-order chi connectivity index (χ0) is 35.1. The third-order valence-electron chi connectivity index (χ3n) is 7.19. The molecule has 0 aliphatic rings. The van der Waals surface area contributed by atoms with E-state index < -0.39 is 36.7 Å². The first-order valence-corrected chi connectivity index (χ1v) is 16.5. The molecule has 0 fully saturated rings. The van der Waals surface area contributed by atoms with Gasteiger partial charge in [0.2, 0.25) is 6.29 Å². The quantitative estimate of drug-likeness (QED) is 0.0252. The van der Waals surface area contributed by atoms with E-state index in [0.29, 0.717) is 45.9 Å². The van der Waals surface area contributed by atoms with Crippen molar-refractivity contribution in [2.75, 3.05) is 60.7 Å². The lowest BCUT2D eigenvalue weighted by atomic mass is 10.0. The van der Waals surface area contributed by atoms with E-state index in [1.165, 1.54) is 6.92 Å². The standard InChI is InChI=1S/C32H57F7NO6.ClH/c1-27(41)26-28(42)46-29(18-22-43-24-25-44-23-20-40(2,3)4)45-21-17-15-13-11-9-7-5-6-8-10-12-14-16-19-30(33,34)31(35,36)32(37,38)39;/h29H,5-26H2,1-4H3;1H/q+1;/p-1. The fraction of sp³-hybridized carbons (Fsp3) is 0.938. The molecule has 0 aliphatic carbocycles. The lowest BCUT2D eigenvalue weighted by molar-refractivity contribution is -0.870. The average Bonchev–Trinajstić information content (AvgIpc) is 2.92. The van der Waals surface area contributed by atoms with Crippen LogP contribution in [0.15, 0.2) is 0 Å². The Hall–Kier alpha value is -1.22. The van der Waals surface area contributed by atoms with Crippen LogP contribution in [0.4, 0.5) is 30.7 Å². The van der Waals surface area contributed by atoms with Gasteiger partial charge in [-0.1, -0.05) is 70.6 Å². The van der Waals surface area contributed by atoms with Gasteiger partial charge in [-0.05, 0) is 19.8 Å². The number of Topliss-reactive ketones (excluding diaryl/α,β-unsaturated/α-hetero) is 1. The first-order chi connectivity index (χ1) is 21.4. The van der Waals surface area contributed by atoms with Crippen LogP contribution in [0.25, 0.3) is 0 Å². The smallest absolute Gasteiger partial charge is 0.459 e. The van der Waals surface area contributed by atoms with E-state index in [0.717, 1.165) is 75.2 Å². The summed E-state index contributed by atoms with van der Waals surface area (Å²) < 4.78 is 112. The molecule has 0 aromatic heterocycles. The Labute approximate surface area is 282 Å². The van der Waals surface area contributed by atoms with Gasteiger partial charge in [-0.15, -0.1) is 0 Å². The highest BCUT2D eigenvalue weighted by molar-refractivity contribution is 5.94. The fourth-order valence-electron chi connectivity index (χ4n) is 4.38. The van der Waals surface area contributed by atoms with Crippen molar-refractivity contribution in [3.63, 3.8) is 0 Å². The van der Waals surface area contributed by atoms with Gasteiger partial charge in [0.15, 0.2) is 0 Å². The van der Waals surface area contributed by atoms with Crippen molar-refractivity contribution in [1.29, 1.82) is 0 Å². The molecule has 15 heteroatoms. The number of esters is 1. The summed E-state index contributed by atoms with van der Waals surface area (Å²) in [7, 11) is 6.26. The predicted molar refractivity (Wildman–Crippen MR) is 161 cm³/mol. The lowest BCUT2D eigenvalue weighted by Gasteiger charge is -2.28. The Morgan fingerprint density at radius 3 is 1.53 bits per heavy atom. The number of alkyl halides is 7. The summed E-state index contributed by atoms with van der Waals surface area (Å²) in [5, 5.41) is 0. The molecular weight excluding hydrogens is 663 g/mol. The Kier molecular flexibility index (Phi) is 26.2. The summed E-state index contributed by atoms with van der Waals surface area (Å²) in [6.07, 6.45) is 1.32. The number of carbonyl (C=O) groups is 2. The van der Waals surface area contributed by atoms with Crippen molar-refractivity contribution in [3.8, 4) is 0 Å². The van der Waals surface area contributed by atoms with Gasteiger partial charge in [0.1, 0.15) is 18.7 Å². The maximum Gasteiger partial charge on any atom is 0.459 e. The van der Waals surface area contributed by atoms with Crippen LogP contribution in [0.2, 0.25) is 0 Å². The second kappa shape index (κ2) is 25.7. The molecule has 282 valence electrons. The van der Waals surface area contributed by atoms with E-state index in [4.69, 9.17) is 18.9 Å². The van der Waals surface area contributed by atoms with Crippen molar-refractivity contribution < 1.29 is 76.2 Å². The number of quaternary nitrogens is 1. The molecule has 1 unspecified atom stereocenters. The van der Waals surface area contributed by atoms with Gasteiger partial charge in [0.25, 0.3) is 0 Å². The molecule has 0 radical (unpaired) electrons. The fourth-order valence-corrected chi connectivity index (χ4v) is 4.38. The van der Waals surface area contributed by atoms with Crippen molar-refractivity contribution in [2.24, 2.45) is 0 Å². The summed E-state index contributed by atoms with van der Waals surface area (Å²) in [6.45, 7) is 4.46. The molecule has 0 N–H and O–H groups in total. The number of ether oxygens (including phenoxy) is 4. The zero-order valence-electron chi connectivity index (χ0n) is 28.6. The average molecular weight is 720 g/mol. The van der Waals surface area contributed by atoms with Crippen LogP contribution in [0.1, 0.15) is 110 Å². The molecule has 0 saturated heterocycles. The van der Waals surface area contributed by atoms with Crippen LogP contribution in [-0.2, 0) is 28.5 Å². The first kappa shape index (κ1) is 47.9. The third kappa shape index (κ3) is 25.4. The van der Waals surface area contributed by atoms with Crippen molar-refractivity contribution in [2.45, 2.75) is 134 Å². The molecule has 0 aliphatic heterocycles. The van der Waals surface area contributed by atoms with Gasteiger partial charge in [-0.25, -0.2) is 0 Å². The maximum atomic E-state index is 13.3. The summed E-state index contributed by atoms with van der Waals surface area (Å²) >= 11 is 0. The molecule has 0 rings (SSSR count). The van der Waals surface area contributed by atoms with E-state index in [1.54, 1.807) is 0 Å². The largest absolute Gasteiger partial charge is 1.00 e. The van der Waals surface area contributed by atoms with E-state index in [9.17, 15) is 40.3 Å². The second-order valence-corrected chi connectivity index (χ2v) is 12.8. The highest BCUT2D eigenvalue weighted by Gasteiger charge is 2.72. The molecule has 0 amide bonds. The highest BCUT2D eigenvalue weighted by atomic mass is 35.5. The topological polar surface area (TPSA) is 71.1 Å². The molecule has 0 heterocycles. The van der Waals surface area contributed by atoms with E-state index in [1.807, 2.05) is 0 Å². The number of nitrogens with zero attached hydrogens (tertiary/aromatic N) is 1. The number of likely N-dealkylation sites (N-methyl/N-ethyl adjacent to an activating group) is 1. The van der Waals surface area contributed by atoms with Crippen LogP contribution in [0.3, 0.4) is 0 Å². The molecule has 1 atom stereocenters. The number of hydrogen-bond acceptors (Lipinski definition) is 6. The predicted octanol–water partition coefficient (Wildman–Crippen LogP) is 5.28. The molecule has 7 nitrogen and oxygen atoms in total. The number of ketones is 1. The van der Waals surface area contributed by atoms with Crippen LogP contribution >= 0.6 is 0 Å². The molecule has 0 saturated carbocycles. The zero-order valence-corrected chi connectivity index (χ0v) is 29.3. The third-order valence-corrected chi connectivity index (χ3v) is 7.19. The minimum absolute atomic E-state index is 0. The normalized spacial score (nSPS) is 13.3. The minimum atomic E-state index is -6.26. The van der Waals surface area contributed by atoms with Gasteiger partial charge in [-0.2, -0.15) is 30.7 Å². The van der Waals surface area contributed by atoms with Gasteiger partial charge in [-0.3, -0.25) is 9.59 Å².